The maximum atomic E-state index is 11.9. The molecular weight excluding hydrogens is 240 g/mol. The van der Waals surface area contributed by atoms with Gasteiger partial charge in [-0.15, -0.1) is 0 Å². The molecule has 2 aromatic rings. The van der Waals surface area contributed by atoms with E-state index in [2.05, 4.69) is 11.8 Å². The number of aromatic nitrogens is 1. The summed E-state index contributed by atoms with van der Waals surface area (Å²) in [6.45, 7) is 5.05. The first kappa shape index (κ1) is 12.5. The lowest BCUT2D eigenvalue weighted by atomic mass is 10.0. The second-order valence-electron chi connectivity index (χ2n) is 5.37. The van der Waals surface area contributed by atoms with Crippen molar-refractivity contribution in [1.82, 2.24) is 9.47 Å². The van der Waals surface area contributed by atoms with Crippen molar-refractivity contribution in [2.75, 3.05) is 13.1 Å². The van der Waals surface area contributed by atoms with E-state index in [9.17, 15) is 4.79 Å². The predicted octanol–water partition coefficient (Wildman–Crippen LogP) is 2.47. The fourth-order valence-corrected chi connectivity index (χ4v) is 2.94. The van der Waals surface area contributed by atoms with E-state index in [1.165, 1.54) is 19.3 Å². The monoisotopic (exact) mass is 260 g/mol. The van der Waals surface area contributed by atoms with Crippen molar-refractivity contribution in [2.45, 2.75) is 38.8 Å². The van der Waals surface area contributed by atoms with Crippen LogP contribution in [0.5, 0.6) is 0 Å². The van der Waals surface area contributed by atoms with E-state index < -0.39 is 0 Å². The summed E-state index contributed by atoms with van der Waals surface area (Å²) in [5, 5.41) is 0. The summed E-state index contributed by atoms with van der Waals surface area (Å²) in [5.74, 6) is -0.245. The zero-order valence-corrected chi connectivity index (χ0v) is 11.3. The summed E-state index contributed by atoms with van der Waals surface area (Å²) in [5.41, 5.74) is 1.58. The van der Waals surface area contributed by atoms with Crippen LogP contribution in [0.3, 0.4) is 0 Å². The Morgan fingerprint density at radius 3 is 2.95 bits per heavy atom. The molecule has 2 heterocycles. The number of para-hydroxylation sites is 2. The van der Waals surface area contributed by atoms with Crippen LogP contribution in [0.1, 0.15) is 26.2 Å². The highest BCUT2D eigenvalue weighted by molar-refractivity contribution is 5.72. The first-order valence-corrected chi connectivity index (χ1v) is 7.08. The van der Waals surface area contributed by atoms with E-state index >= 15 is 0 Å². The zero-order valence-electron chi connectivity index (χ0n) is 11.3. The molecule has 4 heteroatoms. The van der Waals surface area contributed by atoms with Gasteiger partial charge in [-0.3, -0.25) is 9.47 Å². The summed E-state index contributed by atoms with van der Waals surface area (Å²) < 4.78 is 7.00. The lowest BCUT2D eigenvalue weighted by Crippen LogP contribution is -2.40. The minimum Gasteiger partial charge on any atom is -0.408 e. The Balaban J connectivity index is 1.78. The maximum absolute atomic E-state index is 11.9. The van der Waals surface area contributed by atoms with Crippen molar-refractivity contribution in [1.29, 1.82) is 0 Å². The fraction of sp³-hybridized carbons (Fsp3) is 0.533. The van der Waals surface area contributed by atoms with E-state index in [0.717, 1.165) is 18.6 Å². The fourth-order valence-electron chi connectivity index (χ4n) is 2.94. The molecule has 0 unspecified atom stereocenters. The van der Waals surface area contributed by atoms with Crippen molar-refractivity contribution in [3.8, 4) is 0 Å². The smallest absolute Gasteiger partial charge is 0.408 e. The van der Waals surface area contributed by atoms with Gasteiger partial charge in [0.2, 0.25) is 0 Å². The van der Waals surface area contributed by atoms with E-state index in [4.69, 9.17) is 4.42 Å². The topological polar surface area (TPSA) is 38.4 Å². The Labute approximate surface area is 112 Å². The molecule has 1 saturated heterocycles. The molecule has 0 saturated carbocycles. The summed E-state index contributed by atoms with van der Waals surface area (Å²) in [4.78, 5) is 14.3. The molecule has 1 aromatic heterocycles. The van der Waals surface area contributed by atoms with Crippen LogP contribution < -0.4 is 5.76 Å². The minimum absolute atomic E-state index is 0.245. The number of fused-ring (bicyclic) bond motifs is 1. The first-order valence-electron chi connectivity index (χ1n) is 7.08. The Morgan fingerprint density at radius 2 is 2.11 bits per heavy atom. The van der Waals surface area contributed by atoms with Gasteiger partial charge in [0, 0.05) is 19.1 Å². The molecule has 4 nitrogen and oxygen atoms in total. The van der Waals surface area contributed by atoms with Gasteiger partial charge < -0.3 is 4.42 Å². The van der Waals surface area contributed by atoms with Crippen LogP contribution in [0.15, 0.2) is 33.5 Å². The van der Waals surface area contributed by atoms with E-state index in [1.54, 1.807) is 4.57 Å². The molecule has 0 amide bonds. The van der Waals surface area contributed by atoms with Crippen molar-refractivity contribution < 1.29 is 4.42 Å². The van der Waals surface area contributed by atoms with Crippen molar-refractivity contribution in [3.63, 3.8) is 0 Å². The molecule has 0 bridgehead atoms. The van der Waals surface area contributed by atoms with Gasteiger partial charge in [-0.1, -0.05) is 18.6 Å². The van der Waals surface area contributed by atoms with Gasteiger partial charge in [0.1, 0.15) is 0 Å². The minimum atomic E-state index is -0.245. The zero-order chi connectivity index (χ0) is 13.2. The van der Waals surface area contributed by atoms with Gasteiger partial charge in [0.25, 0.3) is 0 Å². The Kier molecular flexibility index (Phi) is 3.42. The summed E-state index contributed by atoms with van der Waals surface area (Å²) >= 11 is 0. The SMILES string of the molecule is C[C@@H]1CCCCN1CCn1c(=O)oc2ccccc21. The Hall–Kier alpha value is -1.55. The van der Waals surface area contributed by atoms with Crippen LogP contribution in [0.25, 0.3) is 11.1 Å². The molecule has 102 valence electrons. The Morgan fingerprint density at radius 1 is 1.26 bits per heavy atom. The normalized spacial score (nSPS) is 21.0. The average Bonchev–Trinajstić information content (AvgIpc) is 2.74. The van der Waals surface area contributed by atoms with Gasteiger partial charge in [-0.25, -0.2) is 4.79 Å². The molecule has 1 atom stereocenters. The number of hydrogen-bond acceptors (Lipinski definition) is 3. The quantitative estimate of drug-likeness (QED) is 0.851. The number of oxazole rings is 1. The van der Waals surface area contributed by atoms with Crippen LogP contribution in [-0.4, -0.2) is 28.6 Å². The molecule has 1 fully saturated rings. The molecule has 1 aliphatic rings. The maximum Gasteiger partial charge on any atom is 0.419 e. The number of nitrogens with zero attached hydrogens (tertiary/aromatic N) is 2. The largest absolute Gasteiger partial charge is 0.419 e. The lowest BCUT2D eigenvalue weighted by molar-refractivity contribution is 0.154. The van der Waals surface area contributed by atoms with Crippen LogP contribution in [-0.2, 0) is 6.54 Å². The Bertz CT molecular complexity index is 614. The molecule has 0 N–H and O–H groups in total. The molecule has 0 radical (unpaired) electrons. The second-order valence-corrected chi connectivity index (χ2v) is 5.37. The highest BCUT2D eigenvalue weighted by Crippen LogP contribution is 2.17. The van der Waals surface area contributed by atoms with Crippen LogP contribution in [0.2, 0.25) is 0 Å². The number of hydrogen-bond donors (Lipinski definition) is 0. The van der Waals surface area contributed by atoms with Gasteiger partial charge in [-0.05, 0) is 38.4 Å². The summed E-state index contributed by atoms with van der Waals surface area (Å²) in [6.07, 6.45) is 3.86. The molecule has 0 spiro atoms. The van der Waals surface area contributed by atoms with Crippen molar-refractivity contribution in [3.05, 3.63) is 34.8 Å². The molecule has 1 aromatic carbocycles. The van der Waals surface area contributed by atoms with Crippen LogP contribution >= 0.6 is 0 Å². The third-order valence-electron chi connectivity index (χ3n) is 4.13. The van der Waals surface area contributed by atoms with E-state index in [-0.39, 0.29) is 5.76 Å². The third-order valence-corrected chi connectivity index (χ3v) is 4.13. The number of benzene rings is 1. The highest BCUT2D eigenvalue weighted by Gasteiger charge is 2.18. The number of likely N-dealkylation sites (tertiary alicyclic amines) is 1. The average molecular weight is 260 g/mol. The predicted molar refractivity (Wildman–Crippen MR) is 75.4 cm³/mol. The first-order chi connectivity index (χ1) is 9.25. The second kappa shape index (κ2) is 5.21. The van der Waals surface area contributed by atoms with Gasteiger partial charge >= 0.3 is 5.76 Å². The molecule has 1 aliphatic heterocycles. The number of rotatable bonds is 3. The summed E-state index contributed by atoms with van der Waals surface area (Å²) in [7, 11) is 0. The molecule has 3 rings (SSSR count). The van der Waals surface area contributed by atoms with Gasteiger partial charge in [-0.2, -0.15) is 0 Å². The van der Waals surface area contributed by atoms with E-state index in [1.807, 2.05) is 24.3 Å². The van der Waals surface area contributed by atoms with E-state index in [0.29, 0.717) is 18.2 Å². The lowest BCUT2D eigenvalue weighted by Gasteiger charge is -2.33. The summed E-state index contributed by atoms with van der Waals surface area (Å²) in [6, 6.07) is 8.25. The van der Waals surface area contributed by atoms with Gasteiger partial charge in [0.15, 0.2) is 5.58 Å². The van der Waals surface area contributed by atoms with Gasteiger partial charge in [0.05, 0.1) is 5.52 Å². The standard InChI is InChI=1S/C15H20N2O2/c1-12-6-4-5-9-16(12)10-11-17-13-7-2-3-8-14(13)19-15(17)18/h2-3,7-8,12H,4-6,9-11H2,1H3/t12-/m1/s1. The highest BCUT2D eigenvalue weighted by atomic mass is 16.4. The third kappa shape index (κ3) is 2.45. The van der Waals surface area contributed by atoms with Crippen LogP contribution in [0, 0.1) is 0 Å². The number of piperidine rings is 1. The van der Waals surface area contributed by atoms with Crippen LogP contribution in [0.4, 0.5) is 0 Å². The van der Waals surface area contributed by atoms with Crippen molar-refractivity contribution in [2.24, 2.45) is 0 Å². The molecular formula is C15H20N2O2. The molecule has 0 aliphatic carbocycles. The van der Waals surface area contributed by atoms with Crippen molar-refractivity contribution >= 4 is 11.1 Å². The molecule has 19 heavy (non-hydrogen) atoms.